The van der Waals surface area contributed by atoms with Crippen LogP contribution in [0.5, 0.6) is 0 Å². The molecule has 2 amide bonds. The Bertz CT molecular complexity index is 1220. The third kappa shape index (κ3) is 1.85. The third-order valence-electron chi connectivity index (χ3n) is 8.19. The lowest BCUT2D eigenvalue weighted by Gasteiger charge is -2.42. The van der Waals surface area contributed by atoms with Crippen molar-refractivity contribution in [1.29, 1.82) is 0 Å². The normalized spacial score (nSPS) is 30.7. The van der Waals surface area contributed by atoms with E-state index in [2.05, 4.69) is 48.5 Å². The Morgan fingerprint density at radius 3 is 2.28 bits per heavy atom. The van der Waals surface area contributed by atoms with E-state index in [4.69, 9.17) is 0 Å². The van der Waals surface area contributed by atoms with Crippen molar-refractivity contribution in [1.82, 2.24) is 4.90 Å². The molecular formula is C26H23NO2. The van der Waals surface area contributed by atoms with Crippen molar-refractivity contribution in [2.45, 2.75) is 50.0 Å². The van der Waals surface area contributed by atoms with Crippen LogP contribution in [-0.2, 0) is 9.59 Å². The lowest BCUT2D eigenvalue weighted by Crippen LogP contribution is -2.42. The molecule has 1 saturated heterocycles. The van der Waals surface area contributed by atoms with Crippen LogP contribution in [0.1, 0.15) is 55.1 Å². The number of amides is 2. The molecule has 0 radical (unpaired) electrons. The number of carbonyl (C=O) groups excluding carboxylic acids is 2. The van der Waals surface area contributed by atoms with Gasteiger partial charge < -0.3 is 0 Å². The van der Waals surface area contributed by atoms with Gasteiger partial charge in [-0.3, -0.25) is 14.5 Å². The predicted molar refractivity (Wildman–Crippen MR) is 113 cm³/mol. The van der Waals surface area contributed by atoms with E-state index in [0.717, 1.165) is 25.7 Å². The van der Waals surface area contributed by atoms with Crippen LogP contribution >= 0.6 is 0 Å². The van der Waals surface area contributed by atoms with Gasteiger partial charge >= 0.3 is 0 Å². The lowest BCUT2D eigenvalue weighted by molar-refractivity contribution is -0.142. The fourth-order valence-corrected chi connectivity index (χ4v) is 7.05. The van der Waals surface area contributed by atoms with Crippen LogP contribution in [0.4, 0.5) is 0 Å². The minimum atomic E-state index is -0.157. The highest BCUT2D eigenvalue weighted by Gasteiger charge is 2.68. The summed E-state index contributed by atoms with van der Waals surface area (Å²) < 4.78 is 0. The molecule has 3 fully saturated rings. The van der Waals surface area contributed by atoms with E-state index in [9.17, 15) is 9.59 Å². The molecule has 3 aromatic rings. The van der Waals surface area contributed by atoms with Crippen LogP contribution in [0.25, 0.3) is 21.5 Å². The average molecular weight is 381 g/mol. The largest absolute Gasteiger partial charge is 0.279 e. The zero-order valence-electron chi connectivity index (χ0n) is 16.3. The highest BCUT2D eigenvalue weighted by atomic mass is 16.2. The number of nitrogens with zero attached hydrogens (tertiary/aromatic N) is 1. The average Bonchev–Trinajstić information content (AvgIpc) is 3.12. The molecule has 4 atom stereocenters. The first-order valence-corrected chi connectivity index (χ1v) is 11.1. The molecular weight excluding hydrogens is 358 g/mol. The number of rotatable bonds is 1. The maximum Gasteiger partial charge on any atom is 0.234 e. The standard InChI is InChI=1S/C26H23NO2/c28-25-23-21-18-12-6-8-15-13-14-7-4-5-11-17(14)20(19(15)18)22(21)24(23)26(29)27(25)16-9-2-1-3-10-16/h4-8,11-13,16,21-24H,1-3,9-10H2/t21-,22+,23-,24+/m0/s1. The van der Waals surface area contributed by atoms with Gasteiger partial charge in [-0.15, -0.1) is 0 Å². The Morgan fingerprint density at radius 1 is 0.724 bits per heavy atom. The van der Waals surface area contributed by atoms with Gasteiger partial charge in [0.25, 0.3) is 0 Å². The fraction of sp³-hybridized carbons (Fsp3) is 0.385. The summed E-state index contributed by atoms with van der Waals surface area (Å²) in [5.74, 6) is 0.261. The SMILES string of the molecule is O=C1[C@@H]2[C@H](C(=O)N1C1CCCCC1)[C@@H]1c3c4ccccc4cc4cccc(c34)[C@H]21. The van der Waals surface area contributed by atoms with E-state index >= 15 is 0 Å². The van der Waals surface area contributed by atoms with Gasteiger partial charge in [-0.2, -0.15) is 0 Å². The summed E-state index contributed by atoms with van der Waals surface area (Å²) in [6.45, 7) is 0. The van der Waals surface area contributed by atoms with E-state index in [1.807, 2.05) is 0 Å². The van der Waals surface area contributed by atoms with Crippen LogP contribution in [0.15, 0.2) is 48.5 Å². The molecule has 3 aliphatic carbocycles. The number of carbonyl (C=O) groups is 2. The Morgan fingerprint density at radius 2 is 1.45 bits per heavy atom. The predicted octanol–water partition coefficient (Wildman–Crippen LogP) is 5.12. The van der Waals surface area contributed by atoms with Crippen molar-refractivity contribution in [2.75, 3.05) is 0 Å². The van der Waals surface area contributed by atoms with Crippen molar-refractivity contribution in [3.63, 3.8) is 0 Å². The second-order valence-corrected chi connectivity index (χ2v) is 9.40. The van der Waals surface area contributed by atoms with Gasteiger partial charge in [0.1, 0.15) is 0 Å². The molecule has 0 N–H and O–H groups in total. The minimum Gasteiger partial charge on any atom is -0.279 e. The molecule has 3 aromatic carbocycles. The quantitative estimate of drug-likeness (QED) is 0.433. The Kier molecular flexibility index (Phi) is 3.05. The Balaban J connectivity index is 1.41. The minimum absolute atomic E-state index is 0.113. The molecule has 2 saturated carbocycles. The van der Waals surface area contributed by atoms with E-state index in [1.54, 1.807) is 4.90 Å². The van der Waals surface area contributed by atoms with Gasteiger partial charge in [0.05, 0.1) is 11.8 Å². The first-order valence-electron chi connectivity index (χ1n) is 11.1. The van der Waals surface area contributed by atoms with Gasteiger partial charge in [-0.1, -0.05) is 61.7 Å². The fourth-order valence-electron chi connectivity index (χ4n) is 7.05. The summed E-state index contributed by atoms with van der Waals surface area (Å²) in [4.78, 5) is 28.7. The topological polar surface area (TPSA) is 37.4 Å². The van der Waals surface area contributed by atoms with Crippen molar-refractivity contribution in [3.05, 3.63) is 59.7 Å². The molecule has 29 heavy (non-hydrogen) atoms. The first kappa shape index (κ1) is 16.2. The van der Waals surface area contributed by atoms with Gasteiger partial charge in [0.15, 0.2) is 0 Å². The Labute approximate surface area is 169 Å². The molecule has 3 nitrogen and oxygen atoms in total. The second-order valence-electron chi connectivity index (χ2n) is 9.40. The number of hydrogen-bond acceptors (Lipinski definition) is 2. The summed E-state index contributed by atoms with van der Waals surface area (Å²) in [5, 5.41) is 5.04. The molecule has 0 spiro atoms. The molecule has 0 aromatic heterocycles. The third-order valence-corrected chi connectivity index (χ3v) is 8.19. The van der Waals surface area contributed by atoms with Crippen LogP contribution < -0.4 is 0 Å². The zero-order valence-corrected chi connectivity index (χ0v) is 16.3. The summed E-state index contributed by atoms with van der Waals surface area (Å²) in [5.41, 5.74) is 2.62. The molecule has 0 unspecified atom stereocenters. The Hall–Kier alpha value is -2.68. The van der Waals surface area contributed by atoms with Crippen LogP contribution in [-0.4, -0.2) is 22.8 Å². The highest BCUT2D eigenvalue weighted by Crippen LogP contribution is 2.68. The number of benzene rings is 3. The zero-order chi connectivity index (χ0) is 19.3. The molecule has 3 heteroatoms. The monoisotopic (exact) mass is 381 g/mol. The van der Waals surface area contributed by atoms with E-state index in [0.29, 0.717) is 0 Å². The second kappa shape index (κ2) is 5.47. The number of fused-ring (bicyclic) bond motifs is 8. The molecule has 144 valence electrons. The summed E-state index contributed by atoms with van der Waals surface area (Å²) >= 11 is 0. The van der Waals surface area contributed by atoms with Crippen molar-refractivity contribution in [2.24, 2.45) is 11.8 Å². The summed E-state index contributed by atoms with van der Waals surface area (Å²) in [7, 11) is 0. The summed E-state index contributed by atoms with van der Waals surface area (Å²) in [6, 6.07) is 17.4. The van der Waals surface area contributed by atoms with Gasteiger partial charge in [0, 0.05) is 17.9 Å². The van der Waals surface area contributed by atoms with Crippen molar-refractivity contribution >= 4 is 33.4 Å². The molecule has 0 bridgehead atoms. The smallest absolute Gasteiger partial charge is 0.234 e. The molecule has 4 aliphatic rings. The number of hydrogen-bond donors (Lipinski definition) is 0. The van der Waals surface area contributed by atoms with E-state index in [-0.39, 0.29) is 41.5 Å². The highest BCUT2D eigenvalue weighted by molar-refractivity contribution is 6.13. The van der Waals surface area contributed by atoms with Crippen molar-refractivity contribution in [3.8, 4) is 0 Å². The van der Waals surface area contributed by atoms with Gasteiger partial charge in [-0.25, -0.2) is 0 Å². The van der Waals surface area contributed by atoms with E-state index < -0.39 is 0 Å². The van der Waals surface area contributed by atoms with Crippen LogP contribution in [0, 0.1) is 11.8 Å². The van der Waals surface area contributed by atoms with Gasteiger partial charge in [-0.05, 0) is 51.6 Å². The maximum absolute atomic E-state index is 13.5. The van der Waals surface area contributed by atoms with Crippen molar-refractivity contribution < 1.29 is 9.59 Å². The van der Waals surface area contributed by atoms with Crippen LogP contribution in [0.3, 0.4) is 0 Å². The number of likely N-dealkylation sites (tertiary alicyclic amines) is 1. The molecule has 1 heterocycles. The molecule has 1 aliphatic heterocycles. The number of imide groups is 1. The maximum atomic E-state index is 13.5. The summed E-state index contributed by atoms with van der Waals surface area (Å²) in [6.07, 6.45) is 5.47. The van der Waals surface area contributed by atoms with Crippen LogP contribution in [0.2, 0.25) is 0 Å². The lowest BCUT2D eigenvalue weighted by atomic mass is 9.56. The first-order chi connectivity index (χ1) is 14.3. The van der Waals surface area contributed by atoms with E-state index in [1.165, 1.54) is 39.1 Å². The molecule has 7 rings (SSSR count). The van der Waals surface area contributed by atoms with Gasteiger partial charge in [0.2, 0.25) is 11.8 Å².